The predicted octanol–water partition coefficient (Wildman–Crippen LogP) is 4.41. The van der Waals surface area contributed by atoms with E-state index in [0.29, 0.717) is 12.1 Å². The topological polar surface area (TPSA) is 24.1 Å². The molecule has 2 aliphatic rings. The monoisotopic (exact) mass is 350 g/mol. The Bertz CT molecular complexity index is 456. The first-order chi connectivity index (χ1) is 10.2. The molecule has 1 heterocycles. The van der Waals surface area contributed by atoms with Crippen LogP contribution in [0.1, 0.15) is 57.1 Å². The highest BCUT2D eigenvalue weighted by molar-refractivity contribution is 9.10. The van der Waals surface area contributed by atoms with Gasteiger partial charge < -0.3 is 10.6 Å². The van der Waals surface area contributed by atoms with E-state index in [1.807, 2.05) is 0 Å². The van der Waals surface area contributed by atoms with E-state index in [4.69, 9.17) is 0 Å². The standard InChI is InChI=1S/C18H27BrN2/c1-13(14-6-4-7-15(19)12-14)21-18-10-5-8-16(18)17-9-2-3-11-20-17/h4,6-7,12-13,16-18,20-21H,2-3,5,8-11H2,1H3/t13-,16?,17?,18?/m1/s1. The summed E-state index contributed by atoms with van der Waals surface area (Å²) in [5, 5.41) is 7.67. The second kappa shape index (κ2) is 7.26. The maximum Gasteiger partial charge on any atom is 0.0294 e. The average Bonchev–Trinajstić information content (AvgIpc) is 2.96. The first kappa shape index (κ1) is 15.5. The molecule has 1 aromatic rings. The highest BCUT2D eigenvalue weighted by atomic mass is 79.9. The van der Waals surface area contributed by atoms with Crippen LogP contribution in [0.25, 0.3) is 0 Å². The molecule has 2 N–H and O–H groups in total. The van der Waals surface area contributed by atoms with Crippen molar-refractivity contribution < 1.29 is 0 Å². The second-order valence-electron chi connectivity index (χ2n) is 6.70. The highest BCUT2D eigenvalue weighted by Gasteiger charge is 2.34. The van der Waals surface area contributed by atoms with Crippen LogP contribution in [0.4, 0.5) is 0 Å². The summed E-state index contributed by atoms with van der Waals surface area (Å²) in [7, 11) is 0. The molecule has 3 rings (SSSR count). The maximum atomic E-state index is 3.91. The number of rotatable bonds is 4. The molecule has 0 bridgehead atoms. The van der Waals surface area contributed by atoms with Gasteiger partial charge in [-0.05, 0) is 62.8 Å². The van der Waals surface area contributed by atoms with Gasteiger partial charge in [-0.15, -0.1) is 0 Å². The average molecular weight is 351 g/mol. The lowest BCUT2D eigenvalue weighted by Crippen LogP contribution is -2.47. The molecule has 1 aliphatic carbocycles. The third-order valence-electron chi connectivity index (χ3n) is 5.25. The van der Waals surface area contributed by atoms with E-state index < -0.39 is 0 Å². The van der Waals surface area contributed by atoms with Gasteiger partial charge in [0.15, 0.2) is 0 Å². The van der Waals surface area contributed by atoms with Gasteiger partial charge >= 0.3 is 0 Å². The van der Waals surface area contributed by atoms with Crippen molar-refractivity contribution in [3.63, 3.8) is 0 Å². The van der Waals surface area contributed by atoms with Crippen LogP contribution in [0.5, 0.6) is 0 Å². The summed E-state index contributed by atoms with van der Waals surface area (Å²) in [6, 6.07) is 10.5. The molecular weight excluding hydrogens is 324 g/mol. The van der Waals surface area contributed by atoms with Gasteiger partial charge in [0.2, 0.25) is 0 Å². The zero-order valence-corrected chi connectivity index (χ0v) is 14.5. The summed E-state index contributed by atoms with van der Waals surface area (Å²) >= 11 is 3.58. The van der Waals surface area contributed by atoms with Gasteiger partial charge in [-0.1, -0.05) is 40.9 Å². The molecule has 0 spiro atoms. The van der Waals surface area contributed by atoms with Crippen LogP contribution in [-0.4, -0.2) is 18.6 Å². The normalized spacial score (nSPS) is 31.2. The number of nitrogens with one attached hydrogen (secondary N) is 2. The van der Waals surface area contributed by atoms with Crippen molar-refractivity contribution in [3.05, 3.63) is 34.3 Å². The maximum absolute atomic E-state index is 3.91. The summed E-state index contributed by atoms with van der Waals surface area (Å²) in [5.74, 6) is 0.819. The molecule has 1 aromatic carbocycles. The summed E-state index contributed by atoms with van der Waals surface area (Å²) in [6.07, 6.45) is 8.24. The molecule has 3 heteroatoms. The predicted molar refractivity (Wildman–Crippen MR) is 92.5 cm³/mol. The molecule has 116 valence electrons. The van der Waals surface area contributed by atoms with Crippen LogP contribution in [0, 0.1) is 5.92 Å². The van der Waals surface area contributed by atoms with Gasteiger partial charge in [0.25, 0.3) is 0 Å². The third kappa shape index (κ3) is 3.88. The van der Waals surface area contributed by atoms with Gasteiger partial charge in [0.1, 0.15) is 0 Å². The van der Waals surface area contributed by atoms with Gasteiger partial charge in [-0.2, -0.15) is 0 Å². The molecule has 0 aromatic heterocycles. The zero-order valence-electron chi connectivity index (χ0n) is 12.9. The van der Waals surface area contributed by atoms with Gasteiger partial charge in [0, 0.05) is 22.6 Å². The molecule has 2 fully saturated rings. The van der Waals surface area contributed by atoms with Crippen molar-refractivity contribution in [2.24, 2.45) is 5.92 Å². The van der Waals surface area contributed by atoms with Gasteiger partial charge in [-0.3, -0.25) is 0 Å². The fraction of sp³-hybridized carbons (Fsp3) is 0.667. The first-order valence-corrected chi connectivity index (χ1v) is 9.28. The molecule has 2 nitrogen and oxygen atoms in total. The fourth-order valence-electron chi connectivity index (χ4n) is 4.11. The van der Waals surface area contributed by atoms with Crippen LogP contribution in [0.15, 0.2) is 28.7 Å². The number of benzene rings is 1. The molecule has 1 saturated carbocycles. The van der Waals surface area contributed by atoms with Crippen molar-refractivity contribution in [3.8, 4) is 0 Å². The molecule has 0 amide bonds. The van der Waals surface area contributed by atoms with Gasteiger partial charge in [-0.25, -0.2) is 0 Å². The molecule has 0 radical (unpaired) electrons. The lowest BCUT2D eigenvalue weighted by Gasteiger charge is -2.34. The van der Waals surface area contributed by atoms with Crippen molar-refractivity contribution in [2.45, 2.75) is 63.6 Å². The Balaban J connectivity index is 1.62. The Hall–Kier alpha value is -0.380. The SMILES string of the molecule is C[C@@H](NC1CCCC1C1CCCCN1)c1cccc(Br)c1. The smallest absolute Gasteiger partial charge is 0.0294 e. The van der Waals surface area contributed by atoms with E-state index in [9.17, 15) is 0 Å². The van der Waals surface area contributed by atoms with E-state index in [1.54, 1.807) is 0 Å². The lowest BCUT2D eigenvalue weighted by molar-refractivity contribution is 0.248. The molecule has 4 atom stereocenters. The van der Waals surface area contributed by atoms with Crippen LogP contribution in [0.3, 0.4) is 0 Å². The second-order valence-corrected chi connectivity index (χ2v) is 7.62. The quantitative estimate of drug-likeness (QED) is 0.840. The number of piperidine rings is 1. The molecular formula is C18H27BrN2. The molecule has 3 unspecified atom stereocenters. The highest BCUT2D eigenvalue weighted by Crippen LogP contribution is 2.33. The zero-order chi connectivity index (χ0) is 14.7. The minimum atomic E-state index is 0.427. The Morgan fingerprint density at radius 3 is 2.86 bits per heavy atom. The Kier molecular flexibility index (Phi) is 5.36. The summed E-state index contributed by atoms with van der Waals surface area (Å²) in [5.41, 5.74) is 1.38. The minimum absolute atomic E-state index is 0.427. The number of hydrogen-bond donors (Lipinski definition) is 2. The van der Waals surface area contributed by atoms with E-state index in [-0.39, 0.29) is 0 Å². The number of hydrogen-bond acceptors (Lipinski definition) is 2. The molecule has 1 saturated heterocycles. The third-order valence-corrected chi connectivity index (χ3v) is 5.74. The van der Waals surface area contributed by atoms with Gasteiger partial charge in [0.05, 0.1) is 0 Å². The number of halogens is 1. The van der Waals surface area contributed by atoms with E-state index >= 15 is 0 Å². The Morgan fingerprint density at radius 2 is 2.10 bits per heavy atom. The van der Waals surface area contributed by atoms with E-state index in [1.165, 1.54) is 55.1 Å². The van der Waals surface area contributed by atoms with Crippen LogP contribution in [-0.2, 0) is 0 Å². The molecule has 21 heavy (non-hydrogen) atoms. The minimum Gasteiger partial charge on any atom is -0.314 e. The Labute approximate surface area is 137 Å². The van der Waals surface area contributed by atoms with Crippen LogP contribution >= 0.6 is 15.9 Å². The molecule has 1 aliphatic heterocycles. The summed E-state index contributed by atoms with van der Waals surface area (Å²) in [6.45, 7) is 3.51. The van der Waals surface area contributed by atoms with Crippen LogP contribution in [0.2, 0.25) is 0 Å². The van der Waals surface area contributed by atoms with Crippen molar-refractivity contribution in [1.29, 1.82) is 0 Å². The van der Waals surface area contributed by atoms with E-state index in [2.05, 4.69) is 57.8 Å². The summed E-state index contributed by atoms with van der Waals surface area (Å²) < 4.78 is 1.17. The Morgan fingerprint density at radius 1 is 1.19 bits per heavy atom. The largest absolute Gasteiger partial charge is 0.314 e. The summed E-state index contributed by atoms with van der Waals surface area (Å²) in [4.78, 5) is 0. The van der Waals surface area contributed by atoms with Crippen molar-refractivity contribution in [2.75, 3.05) is 6.54 Å². The van der Waals surface area contributed by atoms with Crippen molar-refractivity contribution >= 4 is 15.9 Å². The lowest BCUT2D eigenvalue weighted by atomic mass is 9.88. The fourth-order valence-corrected chi connectivity index (χ4v) is 4.53. The first-order valence-electron chi connectivity index (χ1n) is 8.49. The van der Waals surface area contributed by atoms with Crippen LogP contribution < -0.4 is 10.6 Å². The van der Waals surface area contributed by atoms with E-state index in [0.717, 1.165) is 12.0 Å². The van der Waals surface area contributed by atoms with Crippen molar-refractivity contribution in [1.82, 2.24) is 10.6 Å².